The molecule has 178 valence electrons. The van der Waals surface area contributed by atoms with E-state index in [1.807, 2.05) is 79.2 Å². The molecule has 36 heavy (non-hydrogen) atoms. The summed E-state index contributed by atoms with van der Waals surface area (Å²) in [6.07, 6.45) is 0. The van der Waals surface area contributed by atoms with E-state index in [1.165, 1.54) is 0 Å². The first kappa shape index (κ1) is 22.2. The van der Waals surface area contributed by atoms with E-state index in [2.05, 4.69) is 39.0 Å². The number of benzene rings is 4. The lowest BCUT2D eigenvalue weighted by Crippen LogP contribution is -2.59. The van der Waals surface area contributed by atoms with E-state index in [9.17, 15) is 0 Å². The minimum absolute atomic E-state index is 0.676. The zero-order chi connectivity index (χ0) is 25.0. The number of hydrogen-bond donors (Lipinski definition) is 0. The monoisotopic (exact) mass is 476 g/mol. The quantitative estimate of drug-likeness (QED) is 0.274. The van der Waals surface area contributed by atoms with E-state index in [0.717, 1.165) is 50.6 Å². The van der Waals surface area contributed by atoms with Gasteiger partial charge >= 0.3 is 6.03 Å². The molecule has 4 aromatic carbocycles. The Morgan fingerprint density at radius 1 is 0.583 bits per heavy atom. The molecule has 1 spiro atoms. The van der Waals surface area contributed by atoms with Gasteiger partial charge in [-0.05, 0) is 69.0 Å². The number of hydrogen-bond acceptors (Lipinski definition) is 4. The summed E-state index contributed by atoms with van der Waals surface area (Å²) in [4.78, 5) is 0. The van der Waals surface area contributed by atoms with Crippen LogP contribution in [0.1, 0.15) is 27.8 Å². The van der Waals surface area contributed by atoms with Gasteiger partial charge in [0.15, 0.2) is 22.9 Å². The van der Waals surface area contributed by atoms with Gasteiger partial charge < -0.3 is 9.47 Å². The lowest BCUT2D eigenvalue weighted by atomic mass is 10.1. The Morgan fingerprint density at radius 2 is 1.11 bits per heavy atom. The molecule has 0 N–H and O–H groups in total. The largest absolute Gasteiger partial charge is 0.762 e. The SMILES string of the molecule is Cc1cc(C)c2c(c1)N=[N+](c1ccccc1)[C@]1(O2)Oc2c(C)cc(C)cc2N=[N+]1c1ccccc1C. The smallest absolute Gasteiger partial charge is 0.334 e. The summed E-state index contributed by atoms with van der Waals surface area (Å²) >= 11 is 0. The van der Waals surface area contributed by atoms with Crippen molar-refractivity contribution in [1.29, 1.82) is 0 Å². The molecule has 0 bridgehead atoms. The summed E-state index contributed by atoms with van der Waals surface area (Å²) in [6, 6.07) is 24.8. The van der Waals surface area contributed by atoms with Crippen molar-refractivity contribution in [3.63, 3.8) is 0 Å². The Morgan fingerprint density at radius 3 is 1.69 bits per heavy atom. The fraction of sp³-hybridized carbons (Fsp3) is 0.200. The fourth-order valence-corrected chi connectivity index (χ4v) is 4.97. The van der Waals surface area contributed by atoms with E-state index in [4.69, 9.17) is 19.7 Å². The van der Waals surface area contributed by atoms with Gasteiger partial charge in [-0.1, -0.05) is 48.5 Å². The first-order valence-electron chi connectivity index (χ1n) is 12.1. The van der Waals surface area contributed by atoms with Crippen LogP contribution in [0.5, 0.6) is 11.5 Å². The zero-order valence-electron chi connectivity index (χ0n) is 21.1. The summed E-state index contributed by atoms with van der Waals surface area (Å²) < 4.78 is 17.5. The van der Waals surface area contributed by atoms with Crippen LogP contribution in [0.4, 0.5) is 22.7 Å². The van der Waals surface area contributed by atoms with Crippen LogP contribution >= 0.6 is 0 Å². The highest BCUT2D eigenvalue weighted by atomic mass is 16.8. The summed E-state index contributed by atoms with van der Waals surface area (Å²) in [7, 11) is 0. The number of fused-ring (bicyclic) bond motifs is 2. The minimum Gasteiger partial charge on any atom is -0.334 e. The van der Waals surface area contributed by atoms with Gasteiger partial charge in [0.2, 0.25) is 5.69 Å². The van der Waals surface area contributed by atoms with Crippen LogP contribution in [-0.2, 0) is 0 Å². The third-order valence-corrected chi connectivity index (χ3v) is 6.56. The number of ether oxygens (including phenoxy) is 2. The molecule has 4 aromatic rings. The Hall–Kier alpha value is -4.32. The van der Waals surface area contributed by atoms with Gasteiger partial charge in [-0.15, -0.1) is 0 Å². The Labute approximate surface area is 210 Å². The molecule has 6 rings (SSSR count). The average molecular weight is 477 g/mol. The van der Waals surface area contributed by atoms with Crippen LogP contribution in [0, 0.1) is 34.6 Å². The highest BCUT2D eigenvalue weighted by Gasteiger charge is 2.71. The number of nitrogens with zero attached hydrogens (tertiary/aromatic N) is 4. The molecule has 2 aliphatic rings. The molecule has 0 radical (unpaired) electrons. The first-order chi connectivity index (χ1) is 17.4. The van der Waals surface area contributed by atoms with Gasteiger partial charge in [0, 0.05) is 34.0 Å². The average Bonchev–Trinajstić information content (AvgIpc) is 2.85. The lowest BCUT2D eigenvalue weighted by molar-refractivity contribution is -0.902. The van der Waals surface area contributed by atoms with Crippen LogP contribution in [0.2, 0.25) is 0 Å². The number of para-hydroxylation sites is 2. The maximum absolute atomic E-state index is 6.92. The molecule has 0 amide bonds. The molecule has 2 heterocycles. The Kier molecular flexibility index (Phi) is 5.00. The molecule has 1 atom stereocenters. The second-order valence-corrected chi connectivity index (χ2v) is 9.56. The molecule has 0 aromatic heterocycles. The van der Waals surface area contributed by atoms with Crippen LogP contribution in [0.15, 0.2) is 89.1 Å². The van der Waals surface area contributed by atoms with Gasteiger partial charge in [0.05, 0.1) is 9.39 Å². The van der Waals surface area contributed by atoms with Crippen LogP contribution in [-0.4, -0.2) is 15.4 Å². The molecule has 6 nitrogen and oxygen atoms in total. The summed E-state index contributed by atoms with van der Waals surface area (Å²) in [5, 5.41) is 10.3. The Balaban J connectivity index is 1.71. The molecule has 2 aliphatic heterocycles. The summed E-state index contributed by atoms with van der Waals surface area (Å²) in [5.41, 5.74) is 8.44. The van der Waals surface area contributed by atoms with E-state index >= 15 is 0 Å². The topological polar surface area (TPSA) is 49.2 Å². The number of aryl methyl sites for hydroxylation is 5. The second-order valence-electron chi connectivity index (χ2n) is 9.56. The van der Waals surface area contributed by atoms with Crippen LogP contribution in [0.3, 0.4) is 0 Å². The maximum atomic E-state index is 6.92. The lowest BCUT2D eigenvalue weighted by Gasteiger charge is -2.29. The van der Waals surface area contributed by atoms with Gasteiger partial charge in [-0.3, -0.25) is 0 Å². The van der Waals surface area contributed by atoms with Crippen molar-refractivity contribution in [2.24, 2.45) is 10.2 Å². The number of rotatable bonds is 2. The molecular weight excluding hydrogens is 448 g/mol. The standard InChI is InChI=1S/C30H28N4O2/c1-19-15-22(4)28-25(17-19)31-33(24-12-7-6-8-13-24)30(35-28)34(27-14-10-9-11-21(27)3)32-26-18-20(2)16-23(5)29(26)36-30/h6-18H,1-5H3/q+2/t30-/m0/s1. The zero-order valence-corrected chi connectivity index (χ0v) is 21.1. The predicted molar refractivity (Wildman–Crippen MR) is 137 cm³/mol. The van der Waals surface area contributed by atoms with Crippen LogP contribution < -0.4 is 9.47 Å². The van der Waals surface area contributed by atoms with Crippen molar-refractivity contribution in [3.8, 4) is 11.5 Å². The molecule has 0 unspecified atom stereocenters. The number of azo groups is 4. The third-order valence-electron chi connectivity index (χ3n) is 6.56. The second kappa shape index (κ2) is 8.12. The van der Waals surface area contributed by atoms with E-state index in [0.29, 0.717) is 11.5 Å². The van der Waals surface area contributed by atoms with Crippen LogP contribution in [0.25, 0.3) is 0 Å². The van der Waals surface area contributed by atoms with Gasteiger partial charge in [-0.2, -0.15) is 0 Å². The maximum Gasteiger partial charge on any atom is 0.762 e. The summed E-state index contributed by atoms with van der Waals surface area (Å²) in [6.45, 7) is 10.3. The van der Waals surface area contributed by atoms with Crippen molar-refractivity contribution in [1.82, 2.24) is 0 Å². The van der Waals surface area contributed by atoms with E-state index < -0.39 is 6.03 Å². The molecule has 0 saturated heterocycles. The Bertz CT molecular complexity index is 1590. The molecule has 0 fully saturated rings. The van der Waals surface area contributed by atoms with Gasteiger partial charge in [-0.25, -0.2) is 0 Å². The van der Waals surface area contributed by atoms with Gasteiger partial charge in [0.25, 0.3) is 5.69 Å². The fourth-order valence-electron chi connectivity index (χ4n) is 4.97. The molecule has 6 heteroatoms. The highest BCUT2D eigenvalue weighted by molar-refractivity contribution is 5.60. The normalized spacial score (nSPS) is 17.9. The van der Waals surface area contributed by atoms with E-state index in [1.54, 1.807) is 4.70 Å². The molecular formula is C30H28N4O2+2. The molecule has 0 saturated carbocycles. The minimum atomic E-state index is -1.52. The summed E-state index contributed by atoms with van der Waals surface area (Å²) in [5.74, 6) is 1.35. The van der Waals surface area contributed by atoms with Crippen molar-refractivity contribution in [2.75, 3.05) is 0 Å². The van der Waals surface area contributed by atoms with Crippen molar-refractivity contribution < 1.29 is 18.9 Å². The van der Waals surface area contributed by atoms with Crippen molar-refractivity contribution in [3.05, 3.63) is 107 Å². The highest BCUT2D eigenvalue weighted by Crippen LogP contribution is 2.49. The van der Waals surface area contributed by atoms with E-state index in [-0.39, 0.29) is 0 Å². The van der Waals surface area contributed by atoms with Gasteiger partial charge in [0.1, 0.15) is 0 Å². The third kappa shape index (κ3) is 3.40. The van der Waals surface area contributed by atoms with Crippen molar-refractivity contribution in [2.45, 2.75) is 40.7 Å². The van der Waals surface area contributed by atoms with Crippen molar-refractivity contribution >= 4 is 22.7 Å². The molecule has 0 aliphatic carbocycles. The first-order valence-corrected chi connectivity index (χ1v) is 12.1. The predicted octanol–water partition coefficient (Wildman–Crippen LogP) is 8.18.